The largest absolute Gasteiger partial charge is 0.481 e. The highest BCUT2D eigenvalue weighted by atomic mass is 35.5. The number of rotatable bonds is 5. The molecule has 0 saturated heterocycles. The molecular weight excluding hydrogens is 349 g/mol. The van der Waals surface area contributed by atoms with Gasteiger partial charge in [-0.25, -0.2) is 4.39 Å². The first kappa shape index (κ1) is 16.9. The Balaban J connectivity index is 1.62. The smallest absolute Gasteiger partial charge is 0.270 e. The lowest BCUT2D eigenvalue weighted by Crippen LogP contribution is -2.30. The molecule has 1 amide bonds. The number of carbonyl (C=O) groups is 1. The van der Waals surface area contributed by atoms with Crippen molar-refractivity contribution in [2.75, 3.05) is 5.32 Å². The lowest BCUT2D eigenvalue weighted by atomic mass is 10.2. The molecule has 6 nitrogen and oxygen atoms in total. The summed E-state index contributed by atoms with van der Waals surface area (Å²) in [6, 6.07) is 12.2. The van der Waals surface area contributed by atoms with Crippen molar-refractivity contribution in [2.45, 2.75) is 13.0 Å². The van der Waals surface area contributed by atoms with Crippen molar-refractivity contribution in [2.24, 2.45) is 0 Å². The number of ether oxygens (including phenoxy) is 1. The third kappa shape index (κ3) is 4.33. The van der Waals surface area contributed by atoms with Gasteiger partial charge in [0, 0.05) is 10.6 Å². The number of nitrogens with one attached hydrogen (secondary N) is 1. The van der Waals surface area contributed by atoms with Gasteiger partial charge in [0.15, 0.2) is 6.10 Å². The predicted octanol–water partition coefficient (Wildman–Crippen LogP) is 3.94. The Morgan fingerprint density at radius 1 is 1.20 bits per heavy atom. The Morgan fingerprint density at radius 2 is 1.88 bits per heavy atom. The molecule has 0 radical (unpaired) electrons. The SMILES string of the molecule is C[C@H](Oc1ccc(F)cc1)C(=O)Nc1noc(-c2ccc(Cl)cc2)n1. The number of nitrogens with zero attached hydrogens (tertiary/aromatic N) is 2. The Kier molecular flexibility index (Phi) is 4.95. The maximum Gasteiger partial charge on any atom is 0.270 e. The molecule has 0 aliphatic heterocycles. The van der Waals surface area contributed by atoms with E-state index in [1.165, 1.54) is 24.3 Å². The number of halogens is 2. The van der Waals surface area contributed by atoms with Crippen molar-refractivity contribution in [3.05, 3.63) is 59.4 Å². The van der Waals surface area contributed by atoms with Gasteiger partial charge in [0.2, 0.25) is 0 Å². The predicted molar refractivity (Wildman–Crippen MR) is 89.9 cm³/mol. The van der Waals surface area contributed by atoms with E-state index >= 15 is 0 Å². The second kappa shape index (κ2) is 7.31. The zero-order chi connectivity index (χ0) is 17.8. The van der Waals surface area contributed by atoms with Gasteiger partial charge in [-0.3, -0.25) is 10.1 Å². The molecule has 0 unspecified atom stereocenters. The average Bonchev–Trinajstić information content (AvgIpc) is 3.06. The van der Waals surface area contributed by atoms with Crippen LogP contribution >= 0.6 is 11.6 Å². The molecule has 0 spiro atoms. The lowest BCUT2D eigenvalue weighted by molar-refractivity contribution is -0.122. The summed E-state index contributed by atoms with van der Waals surface area (Å²) in [5.41, 5.74) is 0.674. The maximum atomic E-state index is 12.9. The fourth-order valence-corrected chi connectivity index (χ4v) is 2.09. The van der Waals surface area contributed by atoms with E-state index in [2.05, 4.69) is 15.5 Å². The molecule has 1 aromatic heterocycles. The monoisotopic (exact) mass is 361 g/mol. The van der Waals surface area contributed by atoms with E-state index < -0.39 is 12.0 Å². The molecule has 3 aromatic rings. The van der Waals surface area contributed by atoms with E-state index in [1.54, 1.807) is 31.2 Å². The van der Waals surface area contributed by atoms with E-state index in [-0.39, 0.29) is 17.7 Å². The summed E-state index contributed by atoms with van der Waals surface area (Å²) >= 11 is 5.82. The second-order valence-electron chi connectivity index (χ2n) is 5.13. The number of carbonyl (C=O) groups excluding carboxylic acids is 1. The normalized spacial score (nSPS) is 11.8. The van der Waals surface area contributed by atoms with Gasteiger partial charge in [0.25, 0.3) is 17.7 Å². The molecule has 0 bridgehead atoms. The summed E-state index contributed by atoms with van der Waals surface area (Å²) < 4.78 is 23.4. The van der Waals surface area contributed by atoms with Crippen LogP contribution in [0, 0.1) is 5.82 Å². The van der Waals surface area contributed by atoms with Gasteiger partial charge in [0.05, 0.1) is 0 Å². The van der Waals surface area contributed by atoms with E-state index in [0.29, 0.717) is 16.3 Å². The molecule has 3 rings (SSSR count). The van der Waals surface area contributed by atoms with Gasteiger partial charge in [-0.05, 0) is 60.6 Å². The van der Waals surface area contributed by atoms with Crippen molar-refractivity contribution >= 4 is 23.5 Å². The molecular formula is C17H13ClFN3O3. The van der Waals surface area contributed by atoms with E-state index in [4.69, 9.17) is 20.9 Å². The molecule has 1 N–H and O–H groups in total. The van der Waals surface area contributed by atoms with Crippen LogP contribution in [-0.4, -0.2) is 22.2 Å². The van der Waals surface area contributed by atoms with Crippen LogP contribution in [0.4, 0.5) is 10.3 Å². The second-order valence-corrected chi connectivity index (χ2v) is 5.57. The minimum Gasteiger partial charge on any atom is -0.481 e. The first-order valence-corrected chi connectivity index (χ1v) is 7.72. The molecule has 0 fully saturated rings. The Bertz CT molecular complexity index is 866. The Labute approximate surface area is 147 Å². The topological polar surface area (TPSA) is 77.2 Å². The first-order chi connectivity index (χ1) is 12.0. The number of benzene rings is 2. The van der Waals surface area contributed by atoms with Gasteiger partial charge >= 0.3 is 0 Å². The van der Waals surface area contributed by atoms with Crippen molar-refractivity contribution in [3.8, 4) is 17.2 Å². The highest BCUT2D eigenvalue weighted by Crippen LogP contribution is 2.21. The maximum absolute atomic E-state index is 12.9. The molecule has 8 heteroatoms. The summed E-state index contributed by atoms with van der Waals surface area (Å²) in [5, 5.41) is 6.78. The van der Waals surface area contributed by atoms with Gasteiger partial charge in [-0.2, -0.15) is 4.98 Å². The fraction of sp³-hybridized carbons (Fsp3) is 0.118. The molecule has 0 saturated carbocycles. The number of aromatic nitrogens is 2. The van der Waals surface area contributed by atoms with E-state index in [1.807, 2.05) is 0 Å². The minimum absolute atomic E-state index is 0.0181. The van der Waals surface area contributed by atoms with Crippen molar-refractivity contribution in [1.29, 1.82) is 0 Å². The third-order valence-corrected chi connectivity index (χ3v) is 3.50. The Hall–Kier alpha value is -2.93. The highest BCUT2D eigenvalue weighted by molar-refractivity contribution is 6.30. The third-order valence-electron chi connectivity index (χ3n) is 3.25. The van der Waals surface area contributed by atoms with Crippen LogP contribution in [0.5, 0.6) is 5.75 Å². The molecule has 0 aliphatic carbocycles. The zero-order valence-corrected chi connectivity index (χ0v) is 13.8. The van der Waals surface area contributed by atoms with Crippen LogP contribution in [-0.2, 0) is 4.79 Å². The van der Waals surface area contributed by atoms with Gasteiger partial charge in [-0.15, -0.1) is 0 Å². The number of hydrogen-bond donors (Lipinski definition) is 1. The summed E-state index contributed by atoms with van der Waals surface area (Å²) in [6.45, 7) is 1.55. The number of amides is 1. The van der Waals surface area contributed by atoms with Crippen molar-refractivity contribution in [3.63, 3.8) is 0 Å². The first-order valence-electron chi connectivity index (χ1n) is 7.34. The summed E-state index contributed by atoms with van der Waals surface area (Å²) in [6.07, 6.45) is -0.831. The molecule has 1 atom stereocenters. The van der Waals surface area contributed by atoms with E-state index in [9.17, 15) is 9.18 Å². The molecule has 2 aromatic carbocycles. The van der Waals surface area contributed by atoms with Crippen LogP contribution in [0.2, 0.25) is 5.02 Å². The quantitative estimate of drug-likeness (QED) is 0.744. The van der Waals surface area contributed by atoms with Crippen LogP contribution in [0.1, 0.15) is 6.92 Å². The average molecular weight is 362 g/mol. The molecule has 1 heterocycles. The van der Waals surface area contributed by atoms with Crippen LogP contribution in [0.3, 0.4) is 0 Å². The van der Waals surface area contributed by atoms with Crippen LogP contribution in [0.15, 0.2) is 53.1 Å². The molecule has 128 valence electrons. The van der Waals surface area contributed by atoms with E-state index in [0.717, 1.165) is 0 Å². The summed E-state index contributed by atoms with van der Waals surface area (Å²) in [7, 11) is 0. The lowest BCUT2D eigenvalue weighted by Gasteiger charge is -2.13. The highest BCUT2D eigenvalue weighted by Gasteiger charge is 2.18. The van der Waals surface area contributed by atoms with Crippen molar-refractivity contribution in [1.82, 2.24) is 10.1 Å². The standard InChI is InChI=1S/C17H13ClFN3O3/c1-10(24-14-8-6-13(19)7-9-14)15(23)20-17-21-16(25-22-17)11-2-4-12(18)5-3-11/h2-10H,1H3,(H,20,22,23)/t10-/m0/s1. The molecule has 0 aliphatic rings. The summed E-state index contributed by atoms with van der Waals surface area (Å²) in [4.78, 5) is 16.2. The number of hydrogen-bond acceptors (Lipinski definition) is 5. The number of anilines is 1. The Morgan fingerprint density at radius 3 is 2.56 bits per heavy atom. The zero-order valence-electron chi connectivity index (χ0n) is 13.1. The fourth-order valence-electron chi connectivity index (χ4n) is 1.97. The van der Waals surface area contributed by atoms with Gasteiger partial charge in [-0.1, -0.05) is 11.6 Å². The minimum atomic E-state index is -0.831. The van der Waals surface area contributed by atoms with Crippen LogP contribution < -0.4 is 10.1 Å². The van der Waals surface area contributed by atoms with Crippen molar-refractivity contribution < 1.29 is 18.4 Å². The van der Waals surface area contributed by atoms with Crippen LogP contribution in [0.25, 0.3) is 11.5 Å². The van der Waals surface area contributed by atoms with Gasteiger partial charge < -0.3 is 9.26 Å². The van der Waals surface area contributed by atoms with Gasteiger partial charge in [0.1, 0.15) is 11.6 Å². The molecule has 25 heavy (non-hydrogen) atoms. The summed E-state index contributed by atoms with van der Waals surface area (Å²) in [5.74, 6) is -0.207.